The monoisotopic (exact) mass is 462 g/mol. The van der Waals surface area contributed by atoms with Gasteiger partial charge >= 0.3 is 0 Å². The van der Waals surface area contributed by atoms with Crippen LogP contribution < -0.4 is 4.57 Å². The average molecular weight is 463 g/mol. The van der Waals surface area contributed by atoms with Crippen LogP contribution in [0.25, 0.3) is 43.6 Å². The number of fused-ring (bicyclic) bond motifs is 5. The first-order valence-electron chi connectivity index (χ1n) is 12.5. The Balaban J connectivity index is 1.77. The van der Waals surface area contributed by atoms with Gasteiger partial charge in [0.05, 0.1) is 10.9 Å². The summed E-state index contributed by atoms with van der Waals surface area (Å²) in [6, 6.07) is 20.8. The van der Waals surface area contributed by atoms with Crippen molar-refractivity contribution in [3.63, 3.8) is 0 Å². The van der Waals surface area contributed by atoms with Gasteiger partial charge < -0.3 is 0 Å². The molecule has 0 atom stereocenters. The molecule has 170 valence electrons. The zero-order chi connectivity index (χ0) is 23.7. The van der Waals surface area contributed by atoms with Gasteiger partial charge in [-0.25, -0.2) is 4.57 Å². The summed E-state index contributed by atoms with van der Waals surface area (Å²) in [6.07, 6.45) is 3.38. The minimum absolute atomic E-state index is 0.455. The molecule has 0 radical (unpaired) electrons. The highest BCUT2D eigenvalue weighted by atomic mass is 32.2. The van der Waals surface area contributed by atoms with Crippen LogP contribution in [0.3, 0.4) is 0 Å². The number of hydrogen-bond donors (Lipinski definition) is 0. The highest BCUT2D eigenvalue weighted by molar-refractivity contribution is 8.00. The third-order valence-corrected chi connectivity index (χ3v) is 8.57. The Kier molecular flexibility index (Phi) is 5.00. The van der Waals surface area contributed by atoms with Gasteiger partial charge in [-0.3, -0.25) is 0 Å². The summed E-state index contributed by atoms with van der Waals surface area (Å²) in [6.45, 7) is 11.6. The molecule has 1 nitrogen and oxygen atoms in total. The molecule has 6 rings (SSSR count). The van der Waals surface area contributed by atoms with Crippen molar-refractivity contribution in [1.29, 1.82) is 0 Å². The van der Waals surface area contributed by atoms with Crippen molar-refractivity contribution in [2.45, 2.75) is 56.7 Å². The fraction of sp³-hybridized carbons (Fsp3) is 0.281. The van der Waals surface area contributed by atoms with Crippen molar-refractivity contribution in [3.8, 4) is 11.3 Å². The Morgan fingerprint density at radius 1 is 0.853 bits per heavy atom. The first kappa shape index (κ1) is 21.7. The van der Waals surface area contributed by atoms with Gasteiger partial charge in [0.1, 0.15) is 7.05 Å². The summed E-state index contributed by atoms with van der Waals surface area (Å²) in [7, 11) is 2.21. The molecule has 0 fully saturated rings. The first-order chi connectivity index (χ1) is 16.3. The van der Waals surface area contributed by atoms with E-state index in [1.165, 1.54) is 70.1 Å². The van der Waals surface area contributed by atoms with Crippen LogP contribution in [0.5, 0.6) is 0 Å². The molecule has 1 aromatic heterocycles. The maximum atomic E-state index is 2.44. The van der Waals surface area contributed by atoms with Crippen molar-refractivity contribution < 1.29 is 4.57 Å². The zero-order valence-corrected chi connectivity index (χ0v) is 21.8. The van der Waals surface area contributed by atoms with E-state index in [0.717, 1.165) is 6.42 Å². The van der Waals surface area contributed by atoms with E-state index < -0.39 is 0 Å². The Morgan fingerprint density at radius 2 is 1.62 bits per heavy atom. The summed E-state index contributed by atoms with van der Waals surface area (Å²) in [5.41, 5.74) is 7.09. The second-order valence-corrected chi connectivity index (χ2v) is 11.7. The van der Waals surface area contributed by atoms with Crippen molar-refractivity contribution in [1.82, 2.24) is 0 Å². The second kappa shape index (κ2) is 7.85. The lowest BCUT2D eigenvalue weighted by molar-refractivity contribution is -0.659. The highest BCUT2D eigenvalue weighted by Crippen LogP contribution is 2.53. The molecule has 0 N–H and O–H groups in total. The molecule has 0 amide bonds. The lowest BCUT2D eigenvalue weighted by atomic mass is 9.87. The van der Waals surface area contributed by atoms with Crippen LogP contribution in [0.2, 0.25) is 0 Å². The Morgan fingerprint density at radius 3 is 2.35 bits per heavy atom. The zero-order valence-electron chi connectivity index (χ0n) is 21.0. The molecule has 5 aromatic rings. The van der Waals surface area contributed by atoms with Crippen LogP contribution in [0.1, 0.15) is 50.3 Å². The first-order valence-corrected chi connectivity index (χ1v) is 13.3. The third-order valence-electron chi connectivity index (χ3n) is 7.40. The van der Waals surface area contributed by atoms with Crippen molar-refractivity contribution in [2.75, 3.05) is 0 Å². The van der Waals surface area contributed by atoms with E-state index in [1.54, 1.807) is 0 Å². The summed E-state index contributed by atoms with van der Waals surface area (Å²) < 4.78 is 2.35. The van der Waals surface area contributed by atoms with Crippen LogP contribution in [-0.4, -0.2) is 0 Å². The maximum Gasteiger partial charge on any atom is 0.222 e. The Hall–Kier alpha value is -2.84. The largest absolute Gasteiger partial charge is 0.222 e. The molecule has 34 heavy (non-hydrogen) atoms. The van der Waals surface area contributed by atoms with E-state index in [-0.39, 0.29) is 0 Å². The predicted molar refractivity (Wildman–Crippen MR) is 147 cm³/mol. The molecule has 2 heterocycles. The molecule has 0 saturated heterocycles. The van der Waals surface area contributed by atoms with Crippen LogP contribution in [0.4, 0.5) is 0 Å². The van der Waals surface area contributed by atoms with Crippen molar-refractivity contribution >= 4 is 44.1 Å². The second-order valence-electron chi connectivity index (χ2n) is 10.6. The SMILES string of the molecule is Cc1c2c(c(C(C)C)c3ccccc13)Sc1cc3ccc(CC(C)C)cc3c3cc[n+](C)c-2c13. The van der Waals surface area contributed by atoms with Gasteiger partial charge in [-0.05, 0) is 69.5 Å². The van der Waals surface area contributed by atoms with Crippen LogP contribution in [0, 0.1) is 12.8 Å². The smallest absolute Gasteiger partial charge is 0.200 e. The molecule has 0 saturated carbocycles. The summed E-state index contributed by atoms with van der Waals surface area (Å²) >= 11 is 1.98. The van der Waals surface area contributed by atoms with Gasteiger partial charge in [-0.15, -0.1) is 0 Å². The molecule has 1 aliphatic rings. The Labute approximate surface area is 206 Å². The lowest BCUT2D eigenvalue weighted by Crippen LogP contribution is -2.32. The van der Waals surface area contributed by atoms with E-state index in [4.69, 9.17) is 0 Å². The quantitative estimate of drug-likeness (QED) is 0.188. The minimum Gasteiger partial charge on any atom is -0.200 e. The fourth-order valence-corrected chi connectivity index (χ4v) is 7.48. The van der Waals surface area contributed by atoms with Gasteiger partial charge in [0, 0.05) is 21.2 Å². The van der Waals surface area contributed by atoms with Gasteiger partial charge in [0.15, 0.2) is 6.20 Å². The number of benzene rings is 4. The van der Waals surface area contributed by atoms with Gasteiger partial charge in [-0.1, -0.05) is 81.9 Å². The molecule has 0 unspecified atom stereocenters. The highest BCUT2D eigenvalue weighted by Gasteiger charge is 2.32. The summed E-state index contributed by atoms with van der Waals surface area (Å²) in [5, 5.41) is 8.29. The topological polar surface area (TPSA) is 3.88 Å². The number of aryl methyl sites for hydroxylation is 2. The van der Waals surface area contributed by atoms with E-state index in [1.807, 2.05) is 11.8 Å². The van der Waals surface area contributed by atoms with E-state index in [2.05, 4.69) is 107 Å². The lowest BCUT2D eigenvalue weighted by Gasteiger charge is -2.26. The molecular formula is C32H32NS+. The maximum absolute atomic E-state index is 2.44. The molecule has 1 aliphatic heterocycles. The summed E-state index contributed by atoms with van der Waals surface area (Å²) in [4.78, 5) is 2.83. The van der Waals surface area contributed by atoms with Gasteiger partial charge in [0.2, 0.25) is 5.69 Å². The van der Waals surface area contributed by atoms with E-state index >= 15 is 0 Å². The Bertz CT molecular complexity index is 1620. The van der Waals surface area contributed by atoms with Crippen molar-refractivity contribution in [2.24, 2.45) is 13.0 Å². The normalized spacial score (nSPS) is 12.9. The predicted octanol–water partition coefficient (Wildman–Crippen LogP) is 8.73. The van der Waals surface area contributed by atoms with Gasteiger partial charge in [-0.2, -0.15) is 0 Å². The standard InChI is InChI=1S/C32H32NS/c1-18(2)15-21-11-12-22-17-27-30-25(26(22)16-21)13-14-33(6)31(30)29-20(5)23-9-7-8-10-24(23)28(19(3)4)32(29)34-27/h7-14,16-19H,15H2,1-6H3/q+1. The molecule has 0 spiro atoms. The van der Waals surface area contributed by atoms with E-state index in [9.17, 15) is 0 Å². The number of nitrogens with zero attached hydrogens (tertiary/aromatic N) is 1. The number of hydrogen-bond acceptors (Lipinski definition) is 1. The minimum atomic E-state index is 0.455. The fourth-order valence-electron chi connectivity index (χ4n) is 5.96. The molecule has 0 aliphatic carbocycles. The van der Waals surface area contributed by atoms with Crippen molar-refractivity contribution in [3.05, 3.63) is 77.5 Å². The van der Waals surface area contributed by atoms with Crippen LogP contribution >= 0.6 is 11.8 Å². The van der Waals surface area contributed by atoms with Crippen LogP contribution in [-0.2, 0) is 13.5 Å². The molecule has 4 aromatic carbocycles. The number of pyridine rings is 1. The molecule has 0 bridgehead atoms. The number of rotatable bonds is 3. The van der Waals surface area contributed by atoms with Gasteiger partial charge in [0.25, 0.3) is 0 Å². The molecule has 2 heteroatoms. The average Bonchev–Trinajstić information content (AvgIpc) is 2.80. The third kappa shape index (κ3) is 3.11. The van der Waals surface area contributed by atoms with Crippen LogP contribution in [0.15, 0.2) is 70.6 Å². The van der Waals surface area contributed by atoms with E-state index in [0.29, 0.717) is 11.8 Å². The number of aromatic nitrogens is 1. The summed E-state index contributed by atoms with van der Waals surface area (Å²) in [5.74, 6) is 1.11. The molecular weight excluding hydrogens is 430 g/mol.